The van der Waals surface area contributed by atoms with Crippen molar-refractivity contribution in [3.63, 3.8) is 0 Å². The average molecular weight is 482 g/mol. The summed E-state index contributed by atoms with van der Waals surface area (Å²) in [6, 6.07) is 30.4. The van der Waals surface area contributed by atoms with Gasteiger partial charge >= 0.3 is 0 Å². The molecule has 0 bridgehead atoms. The second-order valence-corrected chi connectivity index (χ2v) is 11.5. The molecule has 3 aliphatic rings. The summed E-state index contributed by atoms with van der Waals surface area (Å²) in [6.07, 6.45) is 5.10. The minimum atomic E-state index is 0.243. The SMILES string of the molecule is Cc1ccccc1N1c2cccc3c2B(c2cccc(C)c21)c1cccc2c1N3[C@@H](C)CCCCC2C. The van der Waals surface area contributed by atoms with E-state index in [2.05, 4.69) is 116 Å². The highest BCUT2D eigenvalue weighted by atomic mass is 15.2. The number of hydrogen-bond acceptors (Lipinski definition) is 2. The molecule has 0 saturated carbocycles. The highest BCUT2D eigenvalue weighted by Crippen LogP contribution is 2.46. The minimum Gasteiger partial charge on any atom is -0.339 e. The number of rotatable bonds is 1. The average Bonchev–Trinajstić information content (AvgIpc) is 2.96. The first kappa shape index (κ1) is 22.7. The molecule has 3 aliphatic heterocycles. The van der Waals surface area contributed by atoms with E-state index in [9.17, 15) is 0 Å². The fourth-order valence-electron chi connectivity index (χ4n) is 7.37. The van der Waals surface area contributed by atoms with Crippen molar-refractivity contribution in [1.82, 2.24) is 0 Å². The molecule has 0 spiro atoms. The van der Waals surface area contributed by atoms with E-state index in [4.69, 9.17) is 0 Å². The third-order valence-electron chi connectivity index (χ3n) is 9.14. The van der Waals surface area contributed by atoms with Gasteiger partial charge in [0.2, 0.25) is 0 Å². The van der Waals surface area contributed by atoms with Crippen LogP contribution in [0.1, 0.15) is 62.1 Å². The Balaban J connectivity index is 1.59. The maximum Gasteiger partial charge on any atom is 0.252 e. The molecule has 3 heteroatoms. The first-order valence-corrected chi connectivity index (χ1v) is 14.1. The Labute approximate surface area is 222 Å². The fourth-order valence-corrected chi connectivity index (χ4v) is 7.37. The third-order valence-corrected chi connectivity index (χ3v) is 9.14. The van der Waals surface area contributed by atoms with Crippen LogP contribution in [-0.4, -0.2) is 12.8 Å². The van der Waals surface area contributed by atoms with E-state index in [1.54, 1.807) is 0 Å². The maximum absolute atomic E-state index is 2.72. The number of aryl methyl sites for hydroxylation is 2. The quantitative estimate of drug-likeness (QED) is 0.235. The molecule has 37 heavy (non-hydrogen) atoms. The number of nitrogens with zero attached hydrogens (tertiary/aromatic N) is 2. The first-order valence-electron chi connectivity index (χ1n) is 14.1. The molecular weight excluding hydrogens is 447 g/mol. The van der Waals surface area contributed by atoms with Gasteiger partial charge in [-0.2, -0.15) is 0 Å². The fraction of sp³-hybridized carbons (Fsp3) is 0.294. The summed E-state index contributed by atoms with van der Waals surface area (Å²) in [7, 11) is 0. The Morgan fingerprint density at radius 3 is 2.14 bits per heavy atom. The predicted molar refractivity (Wildman–Crippen MR) is 160 cm³/mol. The zero-order chi connectivity index (χ0) is 25.3. The molecule has 0 radical (unpaired) electrons. The lowest BCUT2D eigenvalue weighted by Gasteiger charge is -2.47. The summed E-state index contributed by atoms with van der Waals surface area (Å²) in [6.45, 7) is 9.64. The molecule has 7 rings (SSSR count). The predicted octanol–water partition coefficient (Wildman–Crippen LogP) is 7.12. The highest BCUT2D eigenvalue weighted by Gasteiger charge is 2.45. The van der Waals surface area contributed by atoms with Crippen LogP contribution < -0.4 is 26.2 Å². The third kappa shape index (κ3) is 3.26. The van der Waals surface area contributed by atoms with Crippen LogP contribution in [-0.2, 0) is 0 Å². The minimum absolute atomic E-state index is 0.243. The lowest BCUT2D eigenvalue weighted by molar-refractivity contribution is 0.559. The van der Waals surface area contributed by atoms with Crippen LogP contribution in [0.3, 0.4) is 0 Å². The van der Waals surface area contributed by atoms with Crippen molar-refractivity contribution in [2.75, 3.05) is 9.80 Å². The van der Waals surface area contributed by atoms with Crippen LogP contribution in [0.4, 0.5) is 28.4 Å². The van der Waals surface area contributed by atoms with E-state index < -0.39 is 0 Å². The van der Waals surface area contributed by atoms with Crippen LogP contribution in [0.5, 0.6) is 0 Å². The number of para-hydroxylation sites is 3. The number of benzene rings is 4. The first-order chi connectivity index (χ1) is 18.1. The summed E-state index contributed by atoms with van der Waals surface area (Å²) in [5, 5.41) is 0. The van der Waals surface area contributed by atoms with Crippen LogP contribution in [0.15, 0.2) is 78.9 Å². The van der Waals surface area contributed by atoms with Gasteiger partial charge < -0.3 is 9.80 Å². The van der Waals surface area contributed by atoms with Crippen molar-refractivity contribution in [3.8, 4) is 0 Å². The number of fused-ring (bicyclic) bond motifs is 4. The topological polar surface area (TPSA) is 6.48 Å². The van der Waals surface area contributed by atoms with Gasteiger partial charge in [-0.15, -0.1) is 0 Å². The molecular formula is C34H35BN2. The largest absolute Gasteiger partial charge is 0.339 e. The van der Waals surface area contributed by atoms with Gasteiger partial charge in [-0.3, -0.25) is 0 Å². The molecule has 0 aliphatic carbocycles. The Bertz CT molecular complexity index is 1520. The van der Waals surface area contributed by atoms with Gasteiger partial charge in [-0.1, -0.05) is 80.4 Å². The van der Waals surface area contributed by atoms with Crippen molar-refractivity contribution >= 4 is 51.5 Å². The van der Waals surface area contributed by atoms with Gasteiger partial charge in [0.1, 0.15) is 0 Å². The lowest BCUT2D eigenvalue weighted by atomic mass is 9.33. The molecule has 4 aromatic carbocycles. The zero-order valence-electron chi connectivity index (χ0n) is 22.5. The van der Waals surface area contributed by atoms with E-state index in [0.29, 0.717) is 12.0 Å². The van der Waals surface area contributed by atoms with Gasteiger partial charge in [-0.05, 0) is 90.8 Å². The summed E-state index contributed by atoms with van der Waals surface area (Å²) in [5.74, 6) is 0.566. The summed E-state index contributed by atoms with van der Waals surface area (Å²) in [4.78, 5) is 5.27. The van der Waals surface area contributed by atoms with Gasteiger partial charge in [-0.25, -0.2) is 0 Å². The molecule has 3 heterocycles. The number of anilines is 5. The second-order valence-electron chi connectivity index (χ2n) is 11.5. The van der Waals surface area contributed by atoms with E-state index in [1.807, 2.05) is 0 Å². The Kier molecular flexibility index (Phi) is 5.25. The van der Waals surface area contributed by atoms with E-state index in [1.165, 1.54) is 87.2 Å². The molecule has 0 N–H and O–H groups in total. The normalized spacial score (nSPS) is 19.8. The Morgan fingerprint density at radius 1 is 0.649 bits per heavy atom. The number of hydrogen-bond donors (Lipinski definition) is 0. The van der Waals surface area contributed by atoms with Crippen LogP contribution >= 0.6 is 0 Å². The standard InChI is InChI=1S/C34H35BN2/c1-22-12-5-7-15-25(4)36-30-20-11-21-31-32(30)35(28-18-10-16-26(22)34(28)36)27-17-9-14-24(3)33(27)37(31)29-19-8-6-13-23(29)2/h6,8-11,13-14,16-22,25H,5,7,12,15H2,1-4H3/t22?,25-/m0/s1. The lowest BCUT2D eigenvalue weighted by Crippen LogP contribution is -2.63. The van der Waals surface area contributed by atoms with Crippen LogP contribution in [0, 0.1) is 13.8 Å². The molecule has 0 fully saturated rings. The molecule has 4 aromatic rings. The van der Waals surface area contributed by atoms with Crippen molar-refractivity contribution in [3.05, 3.63) is 95.6 Å². The smallest absolute Gasteiger partial charge is 0.252 e. The molecule has 1 unspecified atom stereocenters. The molecule has 2 atom stereocenters. The van der Waals surface area contributed by atoms with Crippen LogP contribution in [0.25, 0.3) is 0 Å². The van der Waals surface area contributed by atoms with Gasteiger partial charge in [0, 0.05) is 34.5 Å². The Morgan fingerprint density at radius 2 is 1.30 bits per heavy atom. The summed E-state index contributed by atoms with van der Waals surface area (Å²) in [5.41, 5.74) is 15.4. The van der Waals surface area contributed by atoms with E-state index in [0.717, 1.165) is 0 Å². The maximum atomic E-state index is 2.72. The van der Waals surface area contributed by atoms with E-state index >= 15 is 0 Å². The van der Waals surface area contributed by atoms with Crippen molar-refractivity contribution < 1.29 is 0 Å². The van der Waals surface area contributed by atoms with Crippen molar-refractivity contribution in [1.29, 1.82) is 0 Å². The molecule has 2 nitrogen and oxygen atoms in total. The summed E-state index contributed by atoms with van der Waals surface area (Å²) >= 11 is 0. The monoisotopic (exact) mass is 482 g/mol. The van der Waals surface area contributed by atoms with Crippen LogP contribution in [0.2, 0.25) is 0 Å². The molecule has 184 valence electrons. The van der Waals surface area contributed by atoms with Crippen molar-refractivity contribution in [2.45, 2.75) is 65.3 Å². The van der Waals surface area contributed by atoms with Gasteiger partial charge in [0.25, 0.3) is 6.71 Å². The van der Waals surface area contributed by atoms with Gasteiger partial charge in [0.05, 0.1) is 0 Å². The second kappa shape index (κ2) is 8.55. The summed E-state index contributed by atoms with van der Waals surface area (Å²) < 4.78 is 0. The highest BCUT2D eigenvalue weighted by molar-refractivity contribution is 7.00. The Hall–Kier alpha value is -3.46. The van der Waals surface area contributed by atoms with Crippen molar-refractivity contribution in [2.24, 2.45) is 0 Å². The van der Waals surface area contributed by atoms with E-state index in [-0.39, 0.29) is 6.71 Å². The molecule has 0 saturated heterocycles. The van der Waals surface area contributed by atoms with Gasteiger partial charge in [0.15, 0.2) is 0 Å². The molecule has 0 aromatic heterocycles. The zero-order valence-corrected chi connectivity index (χ0v) is 22.5. The molecule has 0 amide bonds.